The number of hydrogen-bond donors (Lipinski definition) is 1. The number of nitrogens with one attached hydrogen (secondary N) is 1. The molecule has 0 aliphatic heterocycles. The molecule has 4 rings (SSSR count). The van der Waals surface area contributed by atoms with Crippen molar-refractivity contribution in [1.82, 2.24) is 10.2 Å². The number of halogens is 1. The summed E-state index contributed by atoms with van der Waals surface area (Å²) >= 11 is 1.17. The maximum Gasteiger partial charge on any atom is 0.277 e. The van der Waals surface area contributed by atoms with E-state index in [-0.39, 0.29) is 16.9 Å². The Labute approximate surface area is 183 Å². The van der Waals surface area contributed by atoms with Gasteiger partial charge in [-0.05, 0) is 67.6 Å². The zero-order chi connectivity index (χ0) is 21.8. The largest absolute Gasteiger partial charge is 0.411 e. The molecule has 0 aliphatic carbocycles. The van der Waals surface area contributed by atoms with E-state index in [1.807, 2.05) is 56.3 Å². The lowest BCUT2D eigenvalue weighted by Crippen LogP contribution is -2.19. The molecule has 0 fully saturated rings. The lowest BCUT2D eigenvalue weighted by molar-refractivity contribution is -0.115. The number of benzene rings is 3. The standard InChI is InChI=1S/C24H20FN3O2S/c1-15-12-16(2)14-18(13-15)23-27-28-24(30-23)31-21(17-6-4-3-5-7-17)22(29)26-20-10-8-19(25)9-11-20/h3-14,21H,1-2H3,(H,26,29)/t21-/m0/s1. The number of rotatable bonds is 6. The summed E-state index contributed by atoms with van der Waals surface area (Å²) < 4.78 is 19.0. The molecular weight excluding hydrogens is 413 g/mol. The Morgan fingerprint density at radius 2 is 1.65 bits per heavy atom. The molecule has 1 atom stereocenters. The van der Waals surface area contributed by atoms with E-state index in [9.17, 15) is 9.18 Å². The van der Waals surface area contributed by atoms with E-state index in [4.69, 9.17) is 4.42 Å². The van der Waals surface area contributed by atoms with E-state index in [2.05, 4.69) is 21.6 Å². The quantitative estimate of drug-likeness (QED) is 0.380. The number of hydrogen-bond acceptors (Lipinski definition) is 5. The maximum absolute atomic E-state index is 13.2. The van der Waals surface area contributed by atoms with Crippen molar-refractivity contribution in [2.75, 3.05) is 5.32 Å². The SMILES string of the molecule is Cc1cc(C)cc(-c2nnc(S[C@H](C(=O)Nc3ccc(F)cc3)c3ccccc3)o2)c1. The molecule has 0 saturated carbocycles. The second-order valence-corrected chi connectivity index (χ2v) is 8.21. The first kappa shape index (κ1) is 20.8. The zero-order valence-corrected chi connectivity index (χ0v) is 17.8. The maximum atomic E-state index is 13.2. The van der Waals surface area contributed by atoms with Gasteiger partial charge in [0.15, 0.2) is 0 Å². The van der Waals surface area contributed by atoms with Gasteiger partial charge in [-0.25, -0.2) is 4.39 Å². The number of nitrogens with zero attached hydrogens (tertiary/aromatic N) is 2. The van der Waals surface area contributed by atoms with Crippen LogP contribution < -0.4 is 5.32 Å². The number of amides is 1. The molecule has 7 heteroatoms. The van der Waals surface area contributed by atoms with Gasteiger partial charge in [-0.3, -0.25) is 4.79 Å². The Balaban J connectivity index is 1.59. The summed E-state index contributed by atoms with van der Waals surface area (Å²) in [5, 5.41) is 10.8. The second kappa shape index (κ2) is 9.14. The highest BCUT2D eigenvalue weighted by Gasteiger charge is 2.25. The fraction of sp³-hybridized carbons (Fsp3) is 0.125. The van der Waals surface area contributed by atoms with Crippen LogP contribution in [-0.4, -0.2) is 16.1 Å². The number of aromatic nitrogens is 2. The topological polar surface area (TPSA) is 68.0 Å². The van der Waals surface area contributed by atoms with Crippen LogP contribution in [0.1, 0.15) is 21.9 Å². The molecule has 31 heavy (non-hydrogen) atoms. The highest BCUT2D eigenvalue weighted by Crippen LogP contribution is 2.36. The van der Waals surface area contributed by atoms with Gasteiger partial charge < -0.3 is 9.73 Å². The third-order valence-electron chi connectivity index (χ3n) is 4.55. The Hall–Kier alpha value is -3.45. The number of thioether (sulfide) groups is 1. The zero-order valence-electron chi connectivity index (χ0n) is 17.0. The van der Waals surface area contributed by atoms with Gasteiger partial charge in [0.05, 0.1) is 0 Å². The van der Waals surface area contributed by atoms with Gasteiger partial charge in [-0.1, -0.05) is 47.5 Å². The molecule has 0 bridgehead atoms. The normalized spacial score (nSPS) is 11.8. The molecule has 0 spiro atoms. The predicted molar refractivity (Wildman–Crippen MR) is 119 cm³/mol. The van der Waals surface area contributed by atoms with Gasteiger partial charge in [0, 0.05) is 11.3 Å². The van der Waals surface area contributed by atoms with Crippen molar-refractivity contribution in [3.63, 3.8) is 0 Å². The van der Waals surface area contributed by atoms with Gasteiger partial charge in [-0.2, -0.15) is 0 Å². The average Bonchev–Trinajstić information content (AvgIpc) is 3.22. The first-order valence-corrected chi connectivity index (χ1v) is 10.6. The number of carbonyl (C=O) groups is 1. The van der Waals surface area contributed by atoms with Gasteiger partial charge in [0.25, 0.3) is 5.22 Å². The van der Waals surface area contributed by atoms with Gasteiger partial charge in [0.2, 0.25) is 11.8 Å². The van der Waals surface area contributed by atoms with Crippen molar-refractivity contribution in [3.05, 3.63) is 95.3 Å². The highest BCUT2D eigenvalue weighted by molar-refractivity contribution is 8.00. The molecule has 5 nitrogen and oxygen atoms in total. The molecule has 4 aromatic rings. The Bertz CT molecular complexity index is 1170. The first-order valence-electron chi connectivity index (χ1n) is 9.68. The fourth-order valence-electron chi connectivity index (χ4n) is 3.21. The van der Waals surface area contributed by atoms with Gasteiger partial charge >= 0.3 is 0 Å². The molecule has 1 heterocycles. The molecule has 1 aromatic heterocycles. The lowest BCUT2D eigenvalue weighted by Gasteiger charge is -2.15. The molecule has 1 N–H and O–H groups in total. The van der Waals surface area contributed by atoms with Gasteiger partial charge in [0.1, 0.15) is 11.1 Å². The summed E-state index contributed by atoms with van der Waals surface area (Å²) in [4.78, 5) is 13.1. The summed E-state index contributed by atoms with van der Waals surface area (Å²) in [6.07, 6.45) is 0. The van der Waals surface area contributed by atoms with Crippen molar-refractivity contribution < 1.29 is 13.6 Å². The third-order valence-corrected chi connectivity index (χ3v) is 5.63. The van der Waals surface area contributed by atoms with Crippen LogP contribution >= 0.6 is 11.8 Å². The smallest absolute Gasteiger partial charge is 0.277 e. The Morgan fingerprint density at radius 3 is 2.32 bits per heavy atom. The fourth-order valence-corrected chi connectivity index (χ4v) is 4.09. The Morgan fingerprint density at radius 1 is 0.968 bits per heavy atom. The average molecular weight is 434 g/mol. The minimum atomic E-state index is -0.626. The van der Waals surface area contributed by atoms with E-state index in [1.165, 1.54) is 36.0 Å². The van der Waals surface area contributed by atoms with E-state index in [1.54, 1.807) is 0 Å². The van der Waals surface area contributed by atoms with Gasteiger partial charge in [-0.15, -0.1) is 10.2 Å². The van der Waals surface area contributed by atoms with Crippen molar-refractivity contribution in [3.8, 4) is 11.5 Å². The van der Waals surface area contributed by atoms with E-state index >= 15 is 0 Å². The number of anilines is 1. The van der Waals surface area contributed by atoms with Crippen LogP contribution in [-0.2, 0) is 4.79 Å². The van der Waals surface area contributed by atoms with Crippen LogP contribution in [0.25, 0.3) is 11.5 Å². The van der Waals surface area contributed by atoms with Crippen LogP contribution in [0.15, 0.2) is 82.4 Å². The summed E-state index contributed by atoms with van der Waals surface area (Å²) in [7, 11) is 0. The molecule has 3 aromatic carbocycles. The summed E-state index contributed by atoms with van der Waals surface area (Å²) in [5.74, 6) is -0.231. The van der Waals surface area contributed by atoms with E-state index in [0.29, 0.717) is 11.6 Å². The second-order valence-electron chi connectivity index (χ2n) is 7.15. The van der Waals surface area contributed by atoms with E-state index < -0.39 is 5.25 Å². The summed E-state index contributed by atoms with van der Waals surface area (Å²) in [6, 6.07) is 21.0. The Kier molecular flexibility index (Phi) is 6.13. The van der Waals surface area contributed by atoms with Crippen LogP contribution in [0.2, 0.25) is 0 Å². The summed E-state index contributed by atoms with van der Waals surface area (Å²) in [6.45, 7) is 4.02. The summed E-state index contributed by atoms with van der Waals surface area (Å²) in [5.41, 5.74) is 4.34. The molecule has 0 saturated heterocycles. The van der Waals surface area contributed by atoms with E-state index in [0.717, 1.165) is 22.3 Å². The van der Waals surface area contributed by atoms with Crippen molar-refractivity contribution >= 4 is 23.4 Å². The third kappa shape index (κ3) is 5.19. The van der Waals surface area contributed by atoms with Crippen LogP contribution in [0.3, 0.4) is 0 Å². The lowest BCUT2D eigenvalue weighted by atomic mass is 10.1. The minimum absolute atomic E-state index is 0.269. The molecule has 1 amide bonds. The highest BCUT2D eigenvalue weighted by atomic mass is 32.2. The molecule has 0 unspecified atom stereocenters. The molecular formula is C24H20FN3O2S. The van der Waals surface area contributed by atoms with Crippen molar-refractivity contribution in [2.24, 2.45) is 0 Å². The minimum Gasteiger partial charge on any atom is -0.411 e. The van der Waals surface area contributed by atoms with Crippen molar-refractivity contribution in [2.45, 2.75) is 24.3 Å². The molecule has 156 valence electrons. The van der Waals surface area contributed by atoms with Crippen molar-refractivity contribution in [1.29, 1.82) is 0 Å². The van der Waals surface area contributed by atoms with Crippen LogP contribution in [0.5, 0.6) is 0 Å². The monoisotopic (exact) mass is 433 g/mol. The predicted octanol–water partition coefficient (Wildman–Crippen LogP) is 5.96. The van der Waals surface area contributed by atoms with Crippen LogP contribution in [0, 0.1) is 19.7 Å². The number of aryl methyl sites for hydroxylation is 2. The number of carbonyl (C=O) groups excluding carboxylic acids is 1. The molecule has 0 radical (unpaired) electrons. The first-order chi connectivity index (χ1) is 15.0. The van der Waals surface area contributed by atoms with Crippen LogP contribution in [0.4, 0.5) is 10.1 Å². The molecule has 0 aliphatic rings.